The van der Waals surface area contributed by atoms with Crippen LogP contribution in [-0.4, -0.2) is 53.8 Å². The second-order valence-electron chi connectivity index (χ2n) is 6.77. The van der Waals surface area contributed by atoms with Crippen LogP contribution in [-0.2, 0) is 17.6 Å². The first-order valence-electron chi connectivity index (χ1n) is 9.31. The maximum Gasteiger partial charge on any atom is 0.273 e. The SMILES string of the molecule is O=C(NCC(c1ccccn1)N1CCOCC1)c1noc2c1CCCC2. The average Bonchev–Trinajstić information content (AvgIpc) is 3.14. The summed E-state index contributed by atoms with van der Waals surface area (Å²) in [6, 6.07) is 5.91. The third-order valence-corrected chi connectivity index (χ3v) is 5.14. The molecule has 0 bridgehead atoms. The molecule has 0 saturated carbocycles. The molecular formula is C19H24N4O3. The summed E-state index contributed by atoms with van der Waals surface area (Å²) in [6.07, 6.45) is 5.72. The molecule has 7 heteroatoms. The lowest BCUT2D eigenvalue weighted by atomic mass is 9.96. The molecular weight excluding hydrogens is 332 g/mol. The zero-order chi connectivity index (χ0) is 17.8. The number of carbonyl (C=O) groups excluding carboxylic acids is 1. The van der Waals surface area contributed by atoms with Gasteiger partial charge in [-0.05, 0) is 31.4 Å². The van der Waals surface area contributed by atoms with E-state index in [4.69, 9.17) is 9.26 Å². The Morgan fingerprint density at radius 1 is 1.23 bits per heavy atom. The van der Waals surface area contributed by atoms with Gasteiger partial charge < -0.3 is 14.6 Å². The number of morpholine rings is 1. The summed E-state index contributed by atoms with van der Waals surface area (Å²) in [7, 11) is 0. The van der Waals surface area contributed by atoms with E-state index in [1.807, 2.05) is 18.2 Å². The Labute approximate surface area is 152 Å². The summed E-state index contributed by atoms with van der Waals surface area (Å²) >= 11 is 0. The van der Waals surface area contributed by atoms with Crippen LogP contribution in [0.2, 0.25) is 0 Å². The second kappa shape index (κ2) is 7.97. The maximum atomic E-state index is 12.7. The quantitative estimate of drug-likeness (QED) is 0.879. The predicted molar refractivity (Wildman–Crippen MR) is 94.8 cm³/mol. The lowest BCUT2D eigenvalue weighted by Crippen LogP contribution is -2.44. The van der Waals surface area contributed by atoms with Crippen LogP contribution >= 0.6 is 0 Å². The highest BCUT2D eigenvalue weighted by atomic mass is 16.5. The number of aromatic nitrogens is 2. The van der Waals surface area contributed by atoms with Gasteiger partial charge >= 0.3 is 0 Å². The van der Waals surface area contributed by atoms with Gasteiger partial charge in [0.05, 0.1) is 24.9 Å². The highest BCUT2D eigenvalue weighted by Crippen LogP contribution is 2.24. The van der Waals surface area contributed by atoms with Crippen LogP contribution in [0, 0.1) is 0 Å². The van der Waals surface area contributed by atoms with Crippen molar-refractivity contribution in [3.63, 3.8) is 0 Å². The Kier molecular flexibility index (Phi) is 5.26. The Hall–Kier alpha value is -2.25. The van der Waals surface area contributed by atoms with Crippen LogP contribution in [0.5, 0.6) is 0 Å². The number of rotatable bonds is 5. The van der Waals surface area contributed by atoms with Gasteiger partial charge in [-0.25, -0.2) is 0 Å². The van der Waals surface area contributed by atoms with E-state index in [1.54, 1.807) is 6.20 Å². The van der Waals surface area contributed by atoms with Crippen molar-refractivity contribution >= 4 is 5.91 Å². The lowest BCUT2D eigenvalue weighted by molar-refractivity contribution is 0.0153. The smallest absolute Gasteiger partial charge is 0.273 e. The molecule has 1 fully saturated rings. The fourth-order valence-corrected chi connectivity index (χ4v) is 3.72. The highest BCUT2D eigenvalue weighted by Gasteiger charge is 2.27. The number of nitrogens with one attached hydrogen (secondary N) is 1. The minimum absolute atomic E-state index is 0.0202. The number of carbonyl (C=O) groups is 1. The van der Waals surface area contributed by atoms with E-state index < -0.39 is 0 Å². The van der Waals surface area contributed by atoms with Crippen LogP contribution in [0.1, 0.15) is 46.4 Å². The zero-order valence-electron chi connectivity index (χ0n) is 14.8. The average molecular weight is 356 g/mol. The molecule has 2 aliphatic rings. The summed E-state index contributed by atoms with van der Waals surface area (Å²) < 4.78 is 10.8. The van der Waals surface area contributed by atoms with E-state index in [0.717, 1.165) is 55.8 Å². The third-order valence-electron chi connectivity index (χ3n) is 5.14. The van der Waals surface area contributed by atoms with Crippen LogP contribution in [0.4, 0.5) is 0 Å². The number of nitrogens with zero attached hydrogens (tertiary/aromatic N) is 3. The van der Waals surface area contributed by atoms with E-state index in [-0.39, 0.29) is 11.9 Å². The molecule has 2 aromatic rings. The van der Waals surface area contributed by atoms with Gasteiger partial charge in [0.1, 0.15) is 5.76 Å². The van der Waals surface area contributed by atoms with Crippen molar-refractivity contribution in [2.24, 2.45) is 0 Å². The maximum absolute atomic E-state index is 12.7. The largest absolute Gasteiger partial charge is 0.379 e. The summed E-state index contributed by atoms with van der Waals surface area (Å²) in [5.41, 5.74) is 2.38. The molecule has 1 amide bonds. The van der Waals surface area contributed by atoms with Gasteiger partial charge in [-0.3, -0.25) is 14.7 Å². The molecule has 3 heterocycles. The van der Waals surface area contributed by atoms with Gasteiger partial charge in [0, 0.05) is 37.8 Å². The minimum atomic E-state index is -0.161. The second-order valence-corrected chi connectivity index (χ2v) is 6.77. The van der Waals surface area contributed by atoms with Gasteiger partial charge in [-0.15, -0.1) is 0 Å². The van der Waals surface area contributed by atoms with Gasteiger partial charge in [-0.1, -0.05) is 11.2 Å². The third kappa shape index (κ3) is 3.64. The Morgan fingerprint density at radius 2 is 2.08 bits per heavy atom. The Bertz CT molecular complexity index is 740. The number of hydrogen-bond acceptors (Lipinski definition) is 6. The van der Waals surface area contributed by atoms with Crippen molar-refractivity contribution in [1.29, 1.82) is 0 Å². The van der Waals surface area contributed by atoms with E-state index in [2.05, 4.69) is 20.4 Å². The topological polar surface area (TPSA) is 80.5 Å². The number of pyridine rings is 1. The summed E-state index contributed by atoms with van der Waals surface area (Å²) in [4.78, 5) is 19.5. The van der Waals surface area contributed by atoms with Gasteiger partial charge in [-0.2, -0.15) is 0 Å². The molecule has 0 aromatic carbocycles. The van der Waals surface area contributed by atoms with E-state index in [1.165, 1.54) is 0 Å². The standard InChI is InChI=1S/C19H24N4O3/c24-19(18-14-5-1-2-7-17(14)26-22-18)21-13-16(15-6-3-4-8-20-15)23-9-11-25-12-10-23/h3-4,6,8,16H,1-2,5,7,9-13H2,(H,21,24). The molecule has 0 radical (unpaired) electrons. The summed E-state index contributed by atoms with van der Waals surface area (Å²) in [5.74, 6) is 0.710. The van der Waals surface area contributed by atoms with Crippen LogP contribution in [0.3, 0.4) is 0 Å². The Balaban J connectivity index is 1.47. The monoisotopic (exact) mass is 356 g/mol. The molecule has 1 aliphatic carbocycles. The zero-order valence-corrected chi connectivity index (χ0v) is 14.8. The van der Waals surface area contributed by atoms with Crippen molar-refractivity contribution in [2.45, 2.75) is 31.7 Å². The van der Waals surface area contributed by atoms with Crippen molar-refractivity contribution < 1.29 is 14.1 Å². The van der Waals surface area contributed by atoms with E-state index in [9.17, 15) is 4.79 Å². The molecule has 1 aliphatic heterocycles. The number of aryl methyl sites for hydroxylation is 1. The summed E-state index contributed by atoms with van der Waals surface area (Å²) in [5, 5.41) is 7.07. The molecule has 1 N–H and O–H groups in total. The molecule has 26 heavy (non-hydrogen) atoms. The van der Waals surface area contributed by atoms with Gasteiger partial charge in [0.25, 0.3) is 5.91 Å². The van der Waals surface area contributed by atoms with Crippen molar-refractivity contribution in [3.05, 3.63) is 47.1 Å². The fourth-order valence-electron chi connectivity index (χ4n) is 3.72. The molecule has 138 valence electrons. The summed E-state index contributed by atoms with van der Waals surface area (Å²) in [6.45, 7) is 3.55. The first-order valence-corrected chi connectivity index (χ1v) is 9.31. The molecule has 1 atom stereocenters. The number of hydrogen-bond donors (Lipinski definition) is 1. The molecule has 1 unspecified atom stereocenters. The van der Waals surface area contributed by atoms with Crippen molar-refractivity contribution in [2.75, 3.05) is 32.8 Å². The molecule has 0 spiro atoms. The van der Waals surface area contributed by atoms with Crippen LogP contribution in [0.25, 0.3) is 0 Å². The molecule has 2 aromatic heterocycles. The first kappa shape index (κ1) is 17.2. The van der Waals surface area contributed by atoms with Crippen LogP contribution in [0.15, 0.2) is 28.9 Å². The predicted octanol–water partition coefficient (Wildman–Crippen LogP) is 1.75. The molecule has 4 rings (SSSR count). The van der Waals surface area contributed by atoms with E-state index in [0.29, 0.717) is 25.5 Å². The lowest BCUT2D eigenvalue weighted by Gasteiger charge is -2.34. The normalized spacial score (nSPS) is 18.9. The highest BCUT2D eigenvalue weighted by molar-refractivity contribution is 5.93. The van der Waals surface area contributed by atoms with Crippen molar-refractivity contribution in [3.8, 4) is 0 Å². The van der Waals surface area contributed by atoms with Gasteiger partial charge in [0.2, 0.25) is 0 Å². The fraction of sp³-hybridized carbons (Fsp3) is 0.526. The number of fused-ring (bicyclic) bond motifs is 1. The molecule has 7 nitrogen and oxygen atoms in total. The van der Waals surface area contributed by atoms with E-state index >= 15 is 0 Å². The Morgan fingerprint density at radius 3 is 2.88 bits per heavy atom. The van der Waals surface area contributed by atoms with Crippen LogP contribution < -0.4 is 5.32 Å². The molecule has 1 saturated heterocycles. The minimum Gasteiger partial charge on any atom is -0.379 e. The number of amides is 1. The van der Waals surface area contributed by atoms with Gasteiger partial charge in [0.15, 0.2) is 5.69 Å². The van der Waals surface area contributed by atoms with Crippen molar-refractivity contribution in [1.82, 2.24) is 20.4 Å². The first-order chi connectivity index (χ1) is 12.8. The number of ether oxygens (including phenoxy) is 1.